The van der Waals surface area contributed by atoms with Gasteiger partial charge in [0.2, 0.25) is 5.91 Å². The van der Waals surface area contributed by atoms with Gasteiger partial charge in [0.05, 0.1) is 0 Å². The van der Waals surface area contributed by atoms with Crippen LogP contribution in [0.3, 0.4) is 0 Å². The molecular weight excluding hydrogens is 250 g/mol. The molecule has 1 saturated carbocycles. The molecule has 0 saturated heterocycles. The van der Waals surface area contributed by atoms with Crippen LogP contribution in [0.15, 0.2) is 18.2 Å². The molecule has 0 radical (unpaired) electrons. The smallest absolute Gasteiger partial charge is 0.222 e. The summed E-state index contributed by atoms with van der Waals surface area (Å²) in [5, 5.41) is 3.05. The van der Waals surface area contributed by atoms with E-state index in [0.29, 0.717) is 17.9 Å². The van der Waals surface area contributed by atoms with E-state index < -0.39 is 0 Å². The largest absolute Gasteiger partial charge is 0.490 e. The third-order valence-corrected chi connectivity index (χ3v) is 4.37. The molecule has 108 valence electrons. The first-order valence-electron chi connectivity index (χ1n) is 7.62. The Bertz CT molecular complexity index is 524. The molecule has 3 atom stereocenters. The maximum Gasteiger partial charge on any atom is 0.222 e. The monoisotopic (exact) mass is 273 g/mol. The number of ether oxygens (including phenoxy) is 1. The van der Waals surface area contributed by atoms with E-state index >= 15 is 0 Å². The van der Waals surface area contributed by atoms with Gasteiger partial charge in [0.1, 0.15) is 11.9 Å². The maximum atomic E-state index is 11.6. The van der Waals surface area contributed by atoms with Gasteiger partial charge in [-0.05, 0) is 36.8 Å². The molecular formula is C17H23NO2. The summed E-state index contributed by atoms with van der Waals surface area (Å²) in [6.45, 7) is 6.80. The Kier molecular flexibility index (Phi) is 3.45. The van der Waals surface area contributed by atoms with Gasteiger partial charge in [0.15, 0.2) is 0 Å². The molecule has 1 fully saturated rings. The van der Waals surface area contributed by atoms with Gasteiger partial charge in [-0.15, -0.1) is 0 Å². The third kappa shape index (κ3) is 2.54. The number of amides is 1. The van der Waals surface area contributed by atoms with E-state index in [9.17, 15) is 4.79 Å². The molecule has 20 heavy (non-hydrogen) atoms. The van der Waals surface area contributed by atoms with Gasteiger partial charge in [-0.1, -0.05) is 26.0 Å². The van der Waals surface area contributed by atoms with Crippen LogP contribution in [0.25, 0.3) is 0 Å². The Morgan fingerprint density at radius 1 is 1.45 bits per heavy atom. The standard InChI is InChI=1S/C17H23NO2/c1-10(2)17(19)18-9-12-8-14(12)13-5-4-6-16-15(13)7-11(3)20-16/h4-6,10-12,14H,7-9H2,1-3H3,(H,18,19)/t11?,12-,14+/m0/s1. The average Bonchev–Trinajstić information content (AvgIpc) is 3.07. The van der Waals surface area contributed by atoms with Crippen molar-refractivity contribution in [1.29, 1.82) is 0 Å². The van der Waals surface area contributed by atoms with Crippen molar-refractivity contribution in [2.45, 2.75) is 45.6 Å². The fraction of sp³-hybridized carbons (Fsp3) is 0.588. The topological polar surface area (TPSA) is 38.3 Å². The second-order valence-corrected chi connectivity index (χ2v) is 6.46. The van der Waals surface area contributed by atoms with Crippen LogP contribution in [-0.2, 0) is 11.2 Å². The van der Waals surface area contributed by atoms with Crippen LogP contribution in [0.4, 0.5) is 0 Å². The summed E-state index contributed by atoms with van der Waals surface area (Å²) >= 11 is 0. The van der Waals surface area contributed by atoms with Gasteiger partial charge < -0.3 is 10.1 Å². The SMILES string of the molecule is CC1Cc2c(cccc2[C@@H]2C[C@H]2CNC(=O)C(C)C)O1. The van der Waals surface area contributed by atoms with Gasteiger partial charge in [-0.25, -0.2) is 0 Å². The minimum Gasteiger partial charge on any atom is -0.490 e. The van der Waals surface area contributed by atoms with E-state index in [1.54, 1.807) is 0 Å². The molecule has 1 aromatic rings. The molecule has 2 aliphatic rings. The zero-order chi connectivity index (χ0) is 14.3. The lowest BCUT2D eigenvalue weighted by Crippen LogP contribution is -2.29. The van der Waals surface area contributed by atoms with Crippen molar-refractivity contribution in [2.24, 2.45) is 11.8 Å². The van der Waals surface area contributed by atoms with Crippen molar-refractivity contribution in [3.63, 3.8) is 0 Å². The number of fused-ring (bicyclic) bond motifs is 1. The van der Waals surface area contributed by atoms with Gasteiger partial charge >= 0.3 is 0 Å². The molecule has 1 amide bonds. The first kappa shape index (κ1) is 13.5. The molecule has 0 spiro atoms. The van der Waals surface area contributed by atoms with E-state index in [0.717, 1.165) is 18.7 Å². The zero-order valence-corrected chi connectivity index (χ0v) is 12.5. The van der Waals surface area contributed by atoms with Crippen molar-refractivity contribution in [3.05, 3.63) is 29.3 Å². The number of benzene rings is 1. The second-order valence-electron chi connectivity index (χ2n) is 6.46. The van der Waals surface area contributed by atoms with Crippen LogP contribution in [0.2, 0.25) is 0 Å². The Hall–Kier alpha value is -1.51. The molecule has 3 nitrogen and oxygen atoms in total. The lowest BCUT2D eigenvalue weighted by Gasteiger charge is -2.09. The molecule has 1 aliphatic carbocycles. The average molecular weight is 273 g/mol. The highest BCUT2D eigenvalue weighted by Crippen LogP contribution is 2.50. The summed E-state index contributed by atoms with van der Waals surface area (Å²) in [6.07, 6.45) is 2.50. The highest BCUT2D eigenvalue weighted by Gasteiger charge is 2.41. The minimum atomic E-state index is 0.0717. The van der Waals surface area contributed by atoms with Gasteiger partial charge in [0, 0.05) is 24.4 Å². The molecule has 1 aliphatic heterocycles. The minimum absolute atomic E-state index is 0.0717. The van der Waals surface area contributed by atoms with Crippen LogP contribution < -0.4 is 10.1 Å². The van der Waals surface area contributed by atoms with E-state index in [1.807, 2.05) is 13.8 Å². The maximum absolute atomic E-state index is 11.6. The van der Waals surface area contributed by atoms with E-state index in [1.165, 1.54) is 17.5 Å². The number of carbonyl (C=O) groups is 1. The zero-order valence-electron chi connectivity index (χ0n) is 12.5. The van der Waals surface area contributed by atoms with Crippen molar-refractivity contribution < 1.29 is 9.53 Å². The molecule has 3 heteroatoms. The van der Waals surface area contributed by atoms with Crippen LogP contribution in [0.5, 0.6) is 5.75 Å². The summed E-state index contributed by atoms with van der Waals surface area (Å²) in [5.41, 5.74) is 2.83. The quantitative estimate of drug-likeness (QED) is 0.916. The second kappa shape index (κ2) is 5.12. The number of rotatable bonds is 4. The van der Waals surface area contributed by atoms with Crippen LogP contribution in [0.1, 0.15) is 44.2 Å². The first-order chi connectivity index (χ1) is 9.56. The van der Waals surface area contributed by atoms with Crippen LogP contribution in [-0.4, -0.2) is 18.6 Å². The molecule has 3 rings (SSSR count). The predicted octanol–water partition coefficient (Wildman–Crippen LogP) is 2.89. The lowest BCUT2D eigenvalue weighted by atomic mass is 9.98. The molecule has 0 bridgehead atoms. The normalized spacial score (nSPS) is 27.1. The summed E-state index contributed by atoms with van der Waals surface area (Å²) < 4.78 is 5.82. The molecule has 1 heterocycles. The summed E-state index contributed by atoms with van der Waals surface area (Å²) in [7, 11) is 0. The van der Waals surface area contributed by atoms with Gasteiger partial charge in [0.25, 0.3) is 0 Å². The first-order valence-corrected chi connectivity index (χ1v) is 7.62. The number of hydrogen-bond donors (Lipinski definition) is 1. The van der Waals surface area contributed by atoms with Crippen molar-refractivity contribution in [3.8, 4) is 5.75 Å². The number of hydrogen-bond acceptors (Lipinski definition) is 2. The lowest BCUT2D eigenvalue weighted by molar-refractivity contribution is -0.124. The summed E-state index contributed by atoms with van der Waals surface area (Å²) in [5.74, 6) is 2.49. The predicted molar refractivity (Wildman–Crippen MR) is 78.9 cm³/mol. The highest BCUT2D eigenvalue weighted by atomic mass is 16.5. The Balaban J connectivity index is 1.63. The fourth-order valence-electron chi connectivity index (χ4n) is 3.09. The Morgan fingerprint density at radius 2 is 2.25 bits per heavy atom. The highest BCUT2D eigenvalue weighted by molar-refractivity contribution is 5.77. The van der Waals surface area contributed by atoms with E-state index in [2.05, 4.69) is 30.4 Å². The van der Waals surface area contributed by atoms with Crippen LogP contribution >= 0.6 is 0 Å². The van der Waals surface area contributed by atoms with Gasteiger partial charge in [-0.3, -0.25) is 4.79 Å². The third-order valence-electron chi connectivity index (χ3n) is 4.37. The summed E-state index contributed by atoms with van der Waals surface area (Å²) in [4.78, 5) is 11.6. The Morgan fingerprint density at radius 3 is 3.00 bits per heavy atom. The number of nitrogens with one attached hydrogen (secondary N) is 1. The van der Waals surface area contributed by atoms with Gasteiger partial charge in [-0.2, -0.15) is 0 Å². The molecule has 1 unspecified atom stereocenters. The molecule has 1 aromatic carbocycles. The molecule has 1 N–H and O–H groups in total. The van der Waals surface area contributed by atoms with Crippen molar-refractivity contribution in [1.82, 2.24) is 5.32 Å². The number of carbonyl (C=O) groups excluding carboxylic acids is 1. The van der Waals surface area contributed by atoms with Crippen molar-refractivity contribution in [2.75, 3.05) is 6.54 Å². The fourth-order valence-corrected chi connectivity index (χ4v) is 3.09. The summed E-state index contributed by atoms with van der Waals surface area (Å²) in [6, 6.07) is 6.39. The molecule has 0 aromatic heterocycles. The van der Waals surface area contributed by atoms with E-state index in [4.69, 9.17) is 4.74 Å². The van der Waals surface area contributed by atoms with Crippen molar-refractivity contribution >= 4 is 5.91 Å². The van der Waals surface area contributed by atoms with E-state index in [-0.39, 0.29) is 11.8 Å². The van der Waals surface area contributed by atoms with Crippen LogP contribution in [0, 0.1) is 11.8 Å². The Labute approximate surface area is 120 Å².